The van der Waals surface area contributed by atoms with Crippen molar-refractivity contribution >= 4 is 14.5 Å². The third kappa shape index (κ3) is 1690. The molecule has 0 saturated heterocycles. The molecule has 0 aromatic carbocycles. The Morgan fingerprint density at radius 1 is 0.692 bits per heavy atom. The zero-order chi connectivity index (χ0) is 4.50. The summed E-state index contributed by atoms with van der Waals surface area (Å²) in [4.78, 5) is 0. The first-order valence-electron chi connectivity index (χ1n) is 0.783. The number of hydrogen-bond acceptors (Lipinski definition) is 1. The third-order valence-corrected chi connectivity index (χ3v) is 0. The molecule has 90 valence electrons. The van der Waals surface area contributed by atoms with E-state index in [2.05, 4.69) is 0 Å². The van der Waals surface area contributed by atoms with Gasteiger partial charge in [0.15, 0.2) is 0 Å². The van der Waals surface area contributed by atoms with Crippen LogP contribution in [0, 0.1) is 0 Å². The average molecular weight is 292 g/mol. The minimum atomic E-state index is -5.12. The molecule has 0 spiro atoms. The monoisotopic (exact) mass is 292 g/mol. The standard InChI is InChI=1S/AsH3O4.Na.7H2O.H/c2-1(3,4)5;;;;;;;;;/h(H3,2,3,4,5);;7*1H2;/q;+1;;;;;;;;-1. The van der Waals surface area contributed by atoms with Crippen molar-refractivity contribution < 1.29 is 85.3 Å². The van der Waals surface area contributed by atoms with Gasteiger partial charge in [0.2, 0.25) is 0 Å². The fraction of sp³-hybridized carbons (Fsp3) is 0. The molecular weight excluding hydrogens is 274 g/mol. The van der Waals surface area contributed by atoms with E-state index in [1.165, 1.54) is 0 Å². The van der Waals surface area contributed by atoms with Gasteiger partial charge in [0, 0.05) is 0 Å². The van der Waals surface area contributed by atoms with Gasteiger partial charge in [-0.25, -0.2) is 0 Å². The van der Waals surface area contributed by atoms with Gasteiger partial charge in [-0.1, -0.05) is 0 Å². The molecule has 0 aliphatic carbocycles. The molecule has 13 heteroatoms. The molecule has 0 amide bonds. The SMILES string of the molecule is O.O.O.O.O.O.O.O=[As](O)(O)O.[H-].[Na+]. The quantitative estimate of drug-likeness (QED) is 0.365. The van der Waals surface area contributed by atoms with Crippen molar-refractivity contribution in [1.29, 1.82) is 0 Å². The van der Waals surface area contributed by atoms with Crippen LogP contribution >= 0.6 is 0 Å². The molecule has 0 aliphatic heterocycles. The molecular formula is H18AsNaO11. The largest absolute Gasteiger partial charge is 1.00 e. The van der Waals surface area contributed by atoms with Crippen LogP contribution in [-0.4, -0.2) is 65.1 Å². The van der Waals surface area contributed by atoms with Gasteiger partial charge in [0.1, 0.15) is 0 Å². The van der Waals surface area contributed by atoms with E-state index in [1.807, 2.05) is 0 Å². The van der Waals surface area contributed by atoms with Gasteiger partial charge in [-0.05, 0) is 0 Å². The van der Waals surface area contributed by atoms with E-state index in [-0.39, 0.29) is 69.3 Å². The molecule has 0 unspecified atom stereocenters. The first-order chi connectivity index (χ1) is 2.00. The van der Waals surface area contributed by atoms with Crippen molar-refractivity contribution in [3.63, 3.8) is 0 Å². The summed E-state index contributed by atoms with van der Waals surface area (Å²) in [6, 6.07) is 0. The van der Waals surface area contributed by atoms with Gasteiger partial charge in [-0.15, -0.1) is 0 Å². The van der Waals surface area contributed by atoms with Crippen molar-refractivity contribution in [3.05, 3.63) is 0 Å². The van der Waals surface area contributed by atoms with Crippen LogP contribution in [0.3, 0.4) is 0 Å². The van der Waals surface area contributed by atoms with Crippen molar-refractivity contribution in [2.75, 3.05) is 0 Å². The molecule has 13 heavy (non-hydrogen) atoms. The molecule has 0 aromatic heterocycles. The minimum absolute atomic E-state index is 0. The fourth-order valence-corrected chi connectivity index (χ4v) is 0. The van der Waals surface area contributed by atoms with E-state index in [0.717, 1.165) is 0 Å². The van der Waals surface area contributed by atoms with E-state index in [1.54, 1.807) is 0 Å². The van der Waals surface area contributed by atoms with E-state index in [0.29, 0.717) is 0 Å². The van der Waals surface area contributed by atoms with Gasteiger partial charge in [-0.3, -0.25) is 0 Å². The van der Waals surface area contributed by atoms with Crippen LogP contribution in [0.25, 0.3) is 0 Å². The minimum Gasteiger partial charge on any atom is -1.00 e. The summed E-state index contributed by atoms with van der Waals surface area (Å²) in [5.74, 6) is 0. The Morgan fingerprint density at radius 2 is 0.692 bits per heavy atom. The average Bonchev–Trinajstić information content (AvgIpc) is 0.722. The van der Waals surface area contributed by atoms with Gasteiger partial charge in [-0.2, -0.15) is 0 Å². The molecule has 0 aromatic rings. The second-order valence-electron chi connectivity index (χ2n) is 0.513. The first-order valence-corrected chi connectivity index (χ1v) is 4.07. The Morgan fingerprint density at radius 3 is 0.692 bits per heavy atom. The Kier molecular flexibility index (Phi) is 281. The molecule has 0 saturated carbocycles. The Bertz CT molecular complexity index is 61.4. The van der Waals surface area contributed by atoms with Crippen molar-refractivity contribution in [2.45, 2.75) is 0 Å². The summed E-state index contributed by atoms with van der Waals surface area (Å²) in [7, 11) is 0. The molecule has 0 bridgehead atoms. The Labute approximate surface area is 99.7 Å². The molecule has 0 heterocycles. The van der Waals surface area contributed by atoms with Crippen LogP contribution in [0.1, 0.15) is 1.43 Å². The summed E-state index contributed by atoms with van der Waals surface area (Å²) < 4.78 is 30.7. The Hall–Kier alpha value is 0.958. The van der Waals surface area contributed by atoms with Gasteiger partial charge in [0.25, 0.3) is 0 Å². The summed E-state index contributed by atoms with van der Waals surface area (Å²) in [6.07, 6.45) is 0. The summed E-state index contributed by atoms with van der Waals surface area (Å²) in [6.45, 7) is 0. The smallest absolute Gasteiger partial charge is 1.00 e. The van der Waals surface area contributed by atoms with E-state index >= 15 is 0 Å². The second-order valence-corrected chi connectivity index (χ2v) is 2.67. The predicted molar refractivity (Wildman–Crippen MR) is 39.5 cm³/mol. The van der Waals surface area contributed by atoms with Crippen molar-refractivity contribution in [2.24, 2.45) is 0 Å². The maximum atomic E-state index is 8.94. The number of rotatable bonds is 0. The van der Waals surface area contributed by atoms with Gasteiger partial charge >= 0.3 is 60.1 Å². The van der Waals surface area contributed by atoms with Crippen LogP contribution in [0.15, 0.2) is 0 Å². The molecule has 0 aliphatic rings. The Balaban J connectivity index is -0.00000000222. The van der Waals surface area contributed by atoms with Crippen molar-refractivity contribution in [1.82, 2.24) is 0 Å². The van der Waals surface area contributed by atoms with E-state index in [4.69, 9.17) is 16.0 Å². The zero-order valence-electron chi connectivity index (χ0n) is 7.70. The van der Waals surface area contributed by atoms with Gasteiger partial charge in [0.05, 0.1) is 0 Å². The topological polar surface area (TPSA) is 298 Å². The van der Waals surface area contributed by atoms with Crippen LogP contribution in [0.5, 0.6) is 0 Å². The maximum absolute atomic E-state index is 8.94. The van der Waals surface area contributed by atoms with Crippen LogP contribution in [0.2, 0.25) is 0 Å². The van der Waals surface area contributed by atoms with Crippen molar-refractivity contribution in [3.8, 4) is 0 Å². The molecule has 0 fully saturated rings. The molecule has 0 rings (SSSR count). The number of hydrogen-bond donors (Lipinski definition) is 3. The van der Waals surface area contributed by atoms with Crippen LogP contribution in [0.4, 0.5) is 0 Å². The van der Waals surface area contributed by atoms with E-state index in [9.17, 15) is 0 Å². The summed E-state index contributed by atoms with van der Waals surface area (Å²) >= 11 is -5.12. The summed E-state index contributed by atoms with van der Waals surface area (Å²) in [5.41, 5.74) is 0. The van der Waals surface area contributed by atoms with Gasteiger partial charge < -0.3 is 39.8 Å². The maximum Gasteiger partial charge on any atom is 1.00 e. The fourth-order valence-electron chi connectivity index (χ4n) is 0. The molecule has 0 atom stereocenters. The van der Waals surface area contributed by atoms with E-state index < -0.39 is 14.5 Å². The first kappa shape index (κ1) is 95.3. The van der Waals surface area contributed by atoms with Crippen LogP contribution < -0.4 is 29.6 Å². The molecule has 11 nitrogen and oxygen atoms in total. The zero-order valence-corrected chi connectivity index (χ0v) is 10.6. The predicted octanol–water partition coefficient (Wildman–Crippen LogP) is -10.8. The normalized spacial score (nSPS) is 4.54. The third-order valence-electron chi connectivity index (χ3n) is 0. The second kappa shape index (κ2) is 38.3. The summed E-state index contributed by atoms with van der Waals surface area (Å²) in [5, 5.41) is 0. The molecule has 0 radical (unpaired) electrons. The van der Waals surface area contributed by atoms with Crippen LogP contribution in [-0.2, 0) is 3.74 Å². The molecule has 17 N–H and O–H groups in total.